The minimum absolute atomic E-state index is 0.481. The van der Waals surface area contributed by atoms with Gasteiger partial charge >= 0.3 is 6.18 Å². The molecule has 0 aliphatic heterocycles. The van der Waals surface area contributed by atoms with E-state index in [1.54, 1.807) is 0 Å². The number of alkyl halides is 3. The molecule has 0 aliphatic rings. The molecule has 0 fully saturated rings. The van der Waals surface area contributed by atoms with Gasteiger partial charge in [0.1, 0.15) is 0 Å². The van der Waals surface area contributed by atoms with Gasteiger partial charge in [-0.25, -0.2) is 0 Å². The number of hydrogen-bond acceptors (Lipinski definition) is 0. The Kier molecular flexibility index (Phi) is 4.52. The Balaban J connectivity index is 4.58. The molecule has 0 heterocycles. The summed E-state index contributed by atoms with van der Waals surface area (Å²) in [7, 11) is 0. The lowest BCUT2D eigenvalue weighted by atomic mass is 10.1. The highest BCUT2D eigenvalue weighted by Crippen LogP contribution is 2.27. The summed E-state index contributed by atoms with van der Waals surface area (Å²) in [5.74, 6) is 0. The summed E-state index contributed by atoms with van der Waals surface area (Å²) >= 11 is 0. The molecule has 0 aromatic rings. The van der Waals surface area contributed by atoms with Crippen LogP contribution in [0, 0.1) is 0 Å². The zero-order valence-electron chi connectivity index (χ0n) is 7.62. The number of hydrogen-bond donors (Lipinski definition) is 0. The molecule has 0 rings (SSSR count). The van der Waals surface area contributed by atoms with Crippen LogP contribution in [0.5, 0.6) is 0 Å². The average molecular weight is 190 g/mol. The van der Waals surface area contributed by atoms with Crippen molar-refractivity contribution in [3.05, 3.63) is 36.5 Å². The molecule has 0 N–H and O–H groups in total. The van der Waals surface area contributed by atoms with Gasteiger partial charge in [0.2, 0.25) is 0 Å². The van der Waals surface area contributed by atoms with E-state index in [1.807, 2.05) is 6.92 Å². The molecule has 0 amide bonds. The molecule has 0 atom stereocenters. The Morgan fingerprint density at radius 1 is 1.38 bits per heavy atom. The van der Waals surface area contributed by atoms with Crippen molar-refractivity contribution in [3.63, 3.8) is 0 Å². The molecule has 0 aromatic carbocycles. The molecule has 0 saturated heterocycles. The van der Waals surface area contributed by atoms with Crippen LogP contribution in [-0.2, 0) is 0 Å². The molecule has 0 unspecified atom stereocenters. The minimum Gasteiger partial charge on any atom is -0.166 e. The van der Waals surface area contributed by atoms with E-state index in [2.05, 4.69) is 13.2 Å². The summed E-state index contributed by atoms with van der Waals surface area (Å²) in [4.78, 5) is 0. The first-order valence-electron chi connectivity index (χ1n) is 4.01. The molecule has 3 heteroatoms. The molecular weight excluding hydrogens is 177 g/mol. The largest absolute Gasteiger partial charge is 0.416 e. The molecule has 0 bridgehead atoms. The van der Waals surface area contributed by atoms with E-state index in [0.29, 0.717) is 12.0 Å². The smallest absolute Gasteiger partial charge is 0.166 e. The van der Waals surface area contributed by atoms with Crippen molar-refractivity contribution in [2.45, 2.75) is 25.9 Å². The second-order valence-corrected chi connectivity index (χ2v) is 2.71. The SMILES string of the molecule is C=C/C(=C\C(=C)CCC)C(F)(F)F. The Morgan fingerprint density at radius 3 is 2.23 bits per heavy atom. The zero-order chi connectivity index (χ0) is 10.5. The van der Waals surface area contributed by atoms with E-state index in [1.165, 1.54) is 0 Å². The molecule has 0 radical (unpaired) electrons. The maximum absolute atomic E-state index is 12.1. The number of allylic oxidation sites excluding steroid dienone is 4. The van der Waals surface area contributed by atoms with Crippen molar-refractivity contribution < 1.29 is 13.2 Å². The normalized spacial score (nSPS) is 12.8. The number of rotatable bonds is 4. The van der Waals surface area contributed by atoms with Gasteiger partial charge in [0.15, 0.2) is 0 Å². The quantitative estimate of drug-likeness (QED) is 0.587. The summed E-state index contributed by atoms with van der Waals surface area (Å²) in [5.41, 5.74) is -0.249. The highest BCUT2D eigenvalue weighted by atomic mass is 19.4. The standard InChI is InChI=1S/C10H13F3/c1-4-6-8(3)7-9(5-2)10(11,12)13/h5,7H,2-4,6H2,1H3/b9-7+. The summed E-state index contributed by atoms with van der Waals surface area (Å²) < 4.78 is 36.4. The predicted molar refractivity (Wildman–Crippen MR) is 48.4 cm³/mol. The lowest BCUT2D eigenvalue weighted by Gasteiger charge is -2.07. The highest BCUT2D eigenvalue weighted by Gasteiger charge is 2.31. The van der Waals surface area contributed by atoms with Gasteiger partial charge in [-0.15, -0.1) is 0 Å². The first-order chi connectivity index (χ1) is 5.91. The van der Waals surface area contributed by atoms with Gasteiger partial charge in [-0.2, -0.15) is 13.2 Å². The van der Waals surface area contributed by atoms with Crippen molar-refractivity contribution in [3.8, 4) is 0 Å². The average Bonchev–Trinajstić information content (AvgIpc) is 1.98. The fourth-order valence-electron chi connectivity index (χ4n) is 0.870. The van der Waals surface area contributed by atoms with Gasteiger partial charge in [0, 0.05) is 0 Å². The van der Waals surface area contributed by atoms with Crippen LogP contribution in [0.25, 0.3) is 0 Å². The molecular formula is C10H13F3. The van der Waals surface area contributed by atoms with Crippen LogP contribution in [0.2, 0.25) is 0 Å². The predicted octanol–water partition coefficient (Wildman–Crippen LogP) is 4.02. The summed E-state index contributed by atoms with van der Waals surface area (Å²) in [5, 5.41) is 0. The van der Waals surface area contributed by atoms with Crippen LogP contribution < -0.4 is 0 Å². The third-order valence-corrected chi connectivity index (χ3v) is 1.48. The summed E-state index contributed by atoms with van der Waals surface area (Å²) in [6.45, 7) is 8.52. The molecule has 0 spiro atoms. The van der Waals surface area contributed by atoms with E-state index in [9.17, 15) is 13.2 Å². The van der Waals surface area contributed by atoms with Crippen LogP contribution in [0.4, 0.5) is 13.2 Å². The fourth-order valence-corrected chi connectivity index (χ4v) is 0.870. The van der Waals surface area contributed by atoms with E-state index in [-0.39, 0.29) is 0 Å². The first kappa shape index (κ1) is 12.0. The molecule has 0 saturated carbocycles. The lowest BCUT2D eigenvalue weighted by molar-refractivity contribution is -0.0882. The molecule has 0 nitrogen and oxygen atoms in total. The van der Waals surface area contributed by atoms with Crippen molar-refractivity contribution in [2.75, 3.05) is 0 Å². The summed E-state index contributed by atoms with van der Waals surface area (Å²) in [6, 6.07) is 0. The van der Waals surface area contributed by atoms with Gasteiger partial charge in [-0.3, -0.25) is 0 Å². The minimum atomic E-state index is -4.32. The Labute approximate surface area is 76.5 Å². The van der Waals surface area contributed by atoms with E-state index in [4.69, 9.17) is 0 Å². The molecule has 74 valence electrons. The zero-order valence-corrected chi connectivity index (χ0v) is 7.62. The Morgan fingerprint density at radius 2 is 1.92 bits per heavy atom. The monoisotopic (exact) mass is 190 g/mol. The number of halogens is 3. The van der Waals surface area contributed by atoms with Crippen molar-refractivity contribution in [1.29, 1.82) is 0 Å². The summed E-state index contributed by atoms with van der Waals surface area (Å²) in [6.07, 6.45) is -1.11. The van der Waals surface area contributed by atoms with Gasteiger partial charge in [0.25, 0.3) is 0 Å². The van der Waals surface area contributed by atoms with E-state index < -0.39 is 11.7 Å². The lowest BCUT2D eigenvalue weighted by Crippen LogP contribution is -2.09. The van der Waals surface area contributed by atoms with Crippen molar-refractivity contribution in [2.24, 2.45) is 0 Å². The highest BCUT2D eigenvalue weighted by molar-refractivity contribution is 5.30. The van der Waals surface area contributed by atoms with Gasteiger partial charge in [-0.05, 0) is 12.5 Å². The van der Waals surface area contributed by atoms with Gasteiger partial charge < -0.3 is 0 Å². The maximum Gasteiger partial charge on any atom is 0.416 e. The Hall–Kier alpha value is -0.990. The van der Waals surface area contributed by atoms with Gasteiger partial charge in [0.05, 0.1) is 5.57 Å². The van der Waals surface area contributed by atoms with Crippen LogP contribution in [0.1, 0.15) is 19.8 Å². The van der Waals surface area contributed by atoms with Crippen LogP contribution >= 0.6 is 0 Å². The molecule has 0 aromatic heterocycles. The third-order valence-electron chi connectivity index (χ3n) is 1.48. The third kappa shape index (κ3) is 4.55. The van der Waals surface area contributed by atoms with Crippen LogP contribution in [-0.4, -0.2) is 6.18 Å². The molecule has 0 aliphatic carbocycles. The van der Waals surface area contributed by atoms with Crippen LogP contribution in [0.15, 0.2) is 36.5 Å². The van der Waals surface area contributed by atoms with Crippen molar-refractivity contribution >= 4 is 0 Å². The second-order valence-electron chi connectivity index (χ2n) is 2.71. The van der Waals surface area contributed by atoms with Gasteiger partial charge in [-0.1, -0.05) is 38.2 Å². The molecule has 13 heavy (non-hydrogen) atoms. The van der Waals surface area contributed by atoms with Crippen LogP contribution in [0.3, 0.4) is 0 Å². The van der Waals surface area contributed by atoms with E-state index >= 15 is 0 Å². The Bertz CT molecular complexity index is 221. The first-order valence-corrected chi connectivity index (χ1v) is 4.01. The van der Waals surface area contributed by atoms with Crippen molar-refractivity contribution in [1.82, 2.24) is 0 Å². The topological polar surface area (TPSA) is 0 Å². The maximum atomic E-state index is 12.1. The van der Waals surface area contributed by atoms with E-state index in [0.717, 1.165) is 18.6 Å². The second kappa shape index (κ2) is 4.90. The fraction of sp³-hybridized carbons (Fsp3) is 0.400.